The second-order valence-electron chi connectivity index (χ2n) is 3.04. The largest absolute Gasteiger partial charge is 0.478 e. The SMILES string of the molecule is O=C(O)C1=CNC2=CC=C(Br)CC21. The summed E-state index contributed by atoms with van der Waals surface area (Å²) in [5, 5.41) is 11.8. The van der Waals surface area contributed by atoms with Crippen molar-refractivity contribution in [3.05, 3.63) is 34.1 Å². The predicted octanol–water partition coefficient (Wildman–Crippen LogP) is 1.74. The molecule has 0 saturated carbocycles. The van der Waals surface area contributed by atoms with Crippen LogP contribution in [0.4, 0.5) is 0 Å². The molecule has 1 aliphatic carbocycles. The fourth-order valence-corrected chi connectivity index (χ4v) is 2.02. The second-order valence-corrected chi connectivity index (χ2v) is 4.06. The Morgan fingerprint density at radius 1 is 1.62 bits per heavy atom. The quantitative estimate of drug-likeness (QED) is 0.736. The van der Waals surface area contributed by atoms with Crippen molar-refractivity contribution in [3.63, 3.8) is 0 Å². The Bertz CT molecular complexity index is 355. The Morgan fingerprint density at radius 3 is 3.08 bits per heavy atom. The monoisotopic (exact) mass is 241 g/mol. The number of rotatable bonds is 1. The summed E-state index contributed by atoms with van der Waals surface area (Å²) in [4.78, 5) is 10.8. The van der Waals surface area contributed by atoms with Crippen LogP contribution in [0.1, 0.15) is 6.42 Å². The van der Waals surface area contributed by atoms with Gasteiger partial charge in [-0.25, -0.2) is 4.79 Å². The Hall–Kier alpha value is -1.03. The number of hydrogen-bond donors (Lipinski definition) is 2. The van der Waals surface area contributed by atoms with Gasteiger partial charge >= 0.3 is 5.97 Å². The lowest BCUT2D eigenvalue weighted by Crippen LogP contribution is -2.14. The van der Waals surface area contributed by atoms with Crippen molar-refractivity contribution in [1.29, 1.82) is 0 Å². The normalized spacial score (nSPS) is 25.3. The molecule has 0 aromatic heterocycles. The number of hydrogen-bond acceptors (Lipinski definition) is 2. The maximum absolute atomic E-state index is 10.8. The highest BCUT2D eigenvalue weighted by Gasteiger charge is 2.30. The molecule has 0 aromatic rings. The molecule has 1 unspecified atom stereocenters. The number of carboxylic acids is 1. The molecule has 0 spiro atoms. The standard InChI is InChI=1S/C9H8BrNO2/c10-5-1-2-8-6(3-5)7(4-11-8)9(12)13/h1-2,4,6,11H,3H2,(H,12,13). The van der Waals surface area contributed by atoms with Gasteiger partial charge in [0.25, 0.3) is 0 Å². The van der Waals surface area contributed by atoms with E-state index in [0.29, 0.717) is 5.57 Å². The molecule has 2 rings (SSSR count). The van der Waals surface area contributed by atoms with Crippen LogP contribution in [-0.4, -0.2) is 11.1 Å². The molecule has 1 atom stereocenters. The van der Waals surface area contributed by atoms with Crippen molar-refractivity contribution in [2.45, 2.75) is 6.42 Å². The summed E-state index contributed by atoms with van der Waals surface area (Å²) in [7, 11) is 0. The highest BCUT2D eigenvalue weighted by molar-refractivity contribution is 9.11. The minimum atomic E-state index is -0.844. The third kappa shape index (κ3) is 1.42. The van der Waals surface area contributed by atoms with E-state index in [0.717, 1.165) is 16.6 Å². The predicted molar refractivity (Wildman–Crippen MR) is 52.1 cm³/mol. The van der Waals surface area contributed by atoms with Gasteiger partial charge in [-0.15, -0.1) is 0 Å². The molecule has 13 heavy (non-hydrogen) atoms. The first-order valence-corrected chi connectivity index (χ1v) is 4.74. The highest BCUT2D eigenvalue weighted by atomic mass is 79.9. The summed E-state index contributed by atoms with van der Waals surface area (Å²) in [6.45, 7) is 0. The van der Waals surface area contributed by atoms with Gasteiger partial charge in [-0.1, -0.05) is 22.0 Å². The van der Waals surface area contributed by atoms with Crippen molar-refractivity contribution in [2.75, 3.05) is 0 Å². The minimum Gasteiger partial charge on any atom is -0.478 e. The number of nitrogens with one attached hydrogen (secondary N) is 1. The fourth-order valence-electron chi connectivity index (χ4n) is 1.57. The lowest BCUT2D eigenvalue weighted by atomic mass is 9.92. The van der Waals surface area contributed by atoms with Crippen LogP contribution < -0.4 is 5.32 Å². The number of aliphatic carboxylic acids is 1. The number of allylic oxidation sites excluding steroid dienone is 4. The van der Waals surface area contributed by atoms with Crippen molar-refractivity contribution in [3.8, 4) is 0 Å². The Kier molecular flexibility index (Phi) is 2.00. The number of carboxylic acid groups (broad SMARTS) is 1. The molecule has 0 amide bonds. The average Bonchev–Trinajstić information content (AvgIpc) is 2.46. The van der Waals surface area contributed by atoms with Crippen molar-refractivity contribution in [2.24, 2.45) is 5.92 Å². The molecule has 4 heteroatoms. The minimum absolute atomic E-state index is 0.00289. The number of carbonyl (C=O) groups is 1. The van der Waals surface area contributed by atoms with E-state index in [-0.39, 0.29) is 5.92 Å². The van der Waals surface area contributed by atoms with E-state index in [1.807, 2.05) is 12.2 Å². The Morgan fingerprint density at radius 2 is 2.38 bits per heavy atom. The zero-order valence-corrected chi connectivity index (χ0v) is 8.34. The summed E-state index contributed by atoms with van der Waals surface area (Å²) in [5.41, 5.74) is 1.41. The highest BCUT2D eigenvalue weighted by Crippen LogP contribution is 2.35. The van der Waals surface area contributed by atoms with Gasteiger partial charge in [0.2, 0.25) is 0 Å². The summed E-state index contributed by atoms with van der Waals surface area (Å²) in [6, 6.07) is 0. The average molecular weight is 242 g/mol. The second kappa shape index (κ2) is 3.03. The molecular formula is C9H8BrNO2. The van der Waals surface area contributed by atoms with E-state index < -0.39 is 5.97 Å². The maximum Gasteiger partial charge on any atom is 0.333 e. The molecule has 0 saturated heterocycles. The molecular weight excluding hydrogens is 234 g/mol. The van der Waals surface area contributed by atoms with E-state index in [9.17, 15) is 4.79 Å². The Labute approximate surface area is 84.0 Å². The third-order valence-electron chi connectivity index (χ3n) is 2.23. The van der Waals surface area contributed by atoms with Crippen molar-refractivity contribution in [1.82, 2.24) is 5.32 Å². The third-order valence-corrected chi connectivity index (χ3v) is 2.82. The van der Waals surface area contributed by atoms with Gasteiger partial charge in [0.15, 0.2) is 0 Å². The molecule has 1 aliphatic heterocycles. The van der Waals surface area contributed by atoms with E-state index >= 15 is 0 Å². The summed E-state index contributed by atoms with van der Waals surface area (Å²) < 4.78 is 1.04. The number of fused-ring (bicyclic) bond motifs is 1. The molecule has 0 bridgehead atoms. The lowest BCUT2D eigenvalue weighted by molar-refractivity contribution is -0.133. The lowest BCUT2D eigenvalue weighted by Gasteiger charge is -2.16. The topological polar surface area (TPSA) is 49.3 Å². The van der Waals surface area contributed by atoms with Crippen LogP contribution >= 0.6 is 15.9 Å². The van der Waals surface area contributed by atoms with Gasteiger partial charge in [0, 0.05) is 17.8 Å². The smallest absolute Gasteiger partial charge is 0.333 e. The maximum atomic E-state index is 10.8. The van der Waals surface area contributed by atoms with Gasteiger partial charge < -0.3 is 10.4 Å². The Balaban J connectivity index is 2.29. The zero-order chi connectivity index (χ0) is 9.42. The van der Waals surface area contributed by atoms with Crippen LogP contribution in [0.25, 0.3) is 0 Å². The van der Waals surface area contributed by atoms with Crippen LogP contribution in [0.2, 0.25) is 0 Å². The van der Waals surface area contributed by atoms with Crippen molar-refractivity contribution >= 4 is 21.9 Å². The molecule has 0 fully saturated rings. The zero-order valence-electron chi connectivity index (χ0n) is 6.75. The van der Waals surface area contributed by atoms with Crippen LogP contribution in [0.15, 0.2) is 34.1 Å². The van der Waals surface area contributed by atoms with Crippen LogP contribution in [0, 0.1) is 5.92 Å². The molecule has 2 aliphatic rings. The summed E-state index contributed by atoms with van der Waals surface area (Å²) in [5.74, 6) is -0.847. The van der Waals surface area contributed by atoms with Crippen molar-refractivity contribution < 1.29 is 9.90 Å². The van der Waals surface area contributed by atoms with Gasteiger partial charge in [0.05, 0.1) is 5.57 Å². The van der Waals surface area contributed by atoms with E-state index in [1.165, 1.54) is 0 Å². The first-order chi connectivity index (χ1) is 6.18. The van der Waals surface area contributed by atoms with E-state index in [2.05, 4.69) is 21.2 Å². The van der Waals surface area contributed by atoms with E-state index in [1.54, 1.807) is 6.20 Å². The molecule has 2 N–H and O–H groups in total. The van der Waals surface area contributed by atoms with Crippen LogP contribution in [0.3, 0.4) is 0 Å². The van der Waals surface area contributed by atoms with Gasteiger partial charge in [-0.2, -0.15) is 0 Å². The van der Waals surface area contributed by atoms with Gasteiger partial charge in [0.1, 0.15) is 0 Å². The van der Waals surface area contributed by atoms with Gasteiger partial charge in [-0.3, -0.25) is 0 Å². The van der Waals surface area contributed by atoms with E-state index in [4.69, 9.17) is 5.11 Å². The number of halogens is 1. The van der Waals surface area contributed by atoms with Gasteiger partial charge in [-0.05, 0) is 17.0 Å². The van der Waals surface area contributed by atoms with Crippen LogP contribution in [0.5, 0.6) is 0 Å². The van der Waals surface area contributed by atoms with Crippen LogP contribution in [-0.2, 0) is 4.79 Å². The molecule has 3 nitrogen and oxygen atoms in total. The molecule has 68 valence electrons. The molecule has 1 heterocycles. The first kappa shape index (κ1) is 8.56. The summed E-state index contributed by atoms with van der Waals surface area (Å²) in [6.07, 6.45) is 6.15. The first-order valence-electron chi connectivity index (χ1n) is 3.94. The molecule has 0 aromatic carbocycles. The summed E-state index contributed by atoms with van der Waals surface area (Å²) >= 11 is 3.37. The molecule has 0 radical (unpaired) electrons. The fraction of sp³-hybridized carbons (Fsp3) is 0.222.